The topological polar surface area (TPSA) is 0 Å². The Morgan fingerprint density at radius 3 is 1.00 bits per heavy atom. The van der Waals surface area contributed by atoms with Crippen LogP contribution in [0, 0.1) is 0 Å². The van der Waals surface area contributed by atoms with Crippen LogP contribution in [0.25, 0.3) is 0 Å². The minimum absolute atomic E-state index is 0. The van der Waals surface area contributed by atoms with Gasteiger partial charge in [-0.3, -0.25) is 0 Å². The normalized spacial score (nSPS) is 0. The van der Waals surface area contributed by atoms with Gasteiger partial charge in [-0.15, -0.1) is 0 Å². The standard InChI is InChI=1S/Al.Au.Pd.Pt. The van der Waals surface area contributed by atoms with Crippen molar-refractivity contribution in [1.82, 2.24) is 0 Å². The minimum Gasteiger partial charge on any atom is 0 e. The molecule has 34 valence electrons. The van der Waals surface area contributed by atoms with Crippen LogP contribution in [0.2, 0.25) is 0 Å². The first-order valence-electron chi connectivity index (χ1n) is 0. The Morgan fingerprint density at radius 1 is 1.00 bits per heavy atom. The third-order valence-corrected chi connectivity index (χ3v) is 0. The molecule has 4 heteroatoms. The van der Waals surface area contributed by atoms with Crippen LogP contribution in [0.4, 0.5) is 0 Å². The predicted molar refractivity (Wildman–Crippen MR) is 5.75 cm³/mol. The summed E-state index contributed by atoms with van der Waals surface area (Å²) >= 11 is 0. The monoisotopic (exact) mass is 525 g/mol. The molecule has 0 fully saturated rings. The van der Waals surface area contributed by atoms with E-state index in [-0.39, 0.29) is 81.2 Å². The maximum atomic E-state index is 0. The van der Waals surface area contributed by atoms with Gasteiger partial charge in [0, 0.05) is 81.2 Å². The zero-order chi connectivity index (χ0) is 0. The molecule has 0 saturated heterocycles. The maximum Gasteiger partial charge on any atom is 0 e. The number of hydrogen-bond donors (Lipinski definition) is 0. The second-order valence-corrected chi connectivity index (χ2v) is 0. The summed E-state index contributed by atoms with van der Waals surface area (Å²) in [6, 6.07) is 0. The van der Waals surface area contributed by atoms with Crippen LogP contribution in [-0.2, 0) is 63.9 Å². The molecule has 0 atom stereocenters. The third-order valence-electron chi connectivity index (χ3n) is 0. The van der Waals surface area contributed by atoms with Crippen molar-refractivity contribution in [3.8, 4) is 0 Å². The van der Waals surface area contributed by atoms with E-state index in [0.29, 0.717) is 0 Å². The molecule has 0 aromatic heterocycles. The first-order valence-corrected chi connectivity index (χ1v) is 0. The maximum absolute atomic E-state index is 0. The fourth-order valence-electron chi connectivity index (χ4n) is 0. The molecular weight excluding hydrogens is 525 g/mol. The van der Waals surface area contributed by atoms with E-state index >= 15 is 0 Å². The van der Waals surface area contributed by atoms with Crippen LogP contribution in [0.5, 0.6) is 0 Å². The Hall–Kier alpha value is 2.62. The van der Waals surface area contributed by atoms with Gasteiger partial charge in [0.05, 0.1) is 0 Å². The van der Waals surface area contributed by atoms with E-state index in [1.165, 1.54) is 0 Å². The second kappa shape index (κ2) is 17.5. The molecule has 0 aromatic carbocycles. The first-order chi connectivity index (χ1) is 0. The summed E-state index contributed by atoms with van der Waals surface area (Å²) in [7, 11) is 0. The van der Waals surface area contributed by atoms with Crippen molar-refractivity contribution >= 4 is 17.4 Å². The van der Waals surface area contributed by atoms with Crippen molar-refractivity contribution in [2.45, 2.75) is 0 Å². The van der Waals surface area contributed by atoms with Crippen molar-refractivity contribution in [3.05, 3.63) is 0 Å². The molecule has 0 aliphatic heterocycles. The van der Waals surface area contributed by atoms with E-state index in [4.69, 9.17) is 0 Å². The van der Waals surface area contributed by atoms with Crippen LogP contribution in [0.15, 0.2) is 0 Å². The summed E-state index contributed by atoms with van der Waals surface area (Å²) in [6.45, 7) is 0. The van der Waals surface area contributed by atoms with E-state index in [1.54, 1.807) is 0 Å². The van der Waals surface area contributed by atoms with Crippen LogP contribution < -0.4 is 0 Å². The third kappa shape index (κ3) is 8.82. The zero-order valence-electron chi connectivity index (χ0n) is 1.51. The molecule has 4 heavy (non-hydrogen) atoms. The largest absolute Gasteiger partial charge is 0 e. The number of rotatable bonds is 0. The van der Waals surface area contributed by atoms with Crippen molar-refractivity contribution < 1.29 is 63.9 Å². The van der Waals surface area contributed by atoms with Gasteiger partial charge < -0.3 is 0 Å². The molecule has 0 unspecified atom stereocenters. The first kappa shape index (κ1) is 30.4. The van der Waals surface area contributed by atoms with Crippen molar-refractivity contribution in [2.24, 2.45) is 0 Å². The minimum atomic E-state index is 0. The molecular formula is AlAuPdPt. The molecule has 0 amide bonds. The van der Waals surface area contributed by atoms with Gasteiger partial charge in [-0.1, -0.05) is 0 Å². The SMILES string of the molecule is [Al].[Au].[Pd].[Pt]. The molecule has 0 saturated carbocycles. The Kier molecular flexibility index (Phi) is 133. The molecule has 0 heterocycles. The average molecular weight is 525 g/mol. The molecule has 0 rings (SSSR count). The molecule has 0 spiro atoms. The molecule has 0 aromatic rings. The predicted octanol–water partition coefficient (Wildman–Crippen LogP) is -0.388. The summed E-state index contributed by atoms with van der Waals surface area (Å²) in [6.07, 6.45) is 0. The zero-order valence-corrected chi connectivity index (χ0v) is 8.66. The number of hydrogen-bond acceptors (Lipinski definition) is 0. The van der Waals surface area contributed by atoms with Gasteiger partial charge in [-0.05, 0) is 0 Å². The van der Waals surface area contributed by atoms with E-state index in [1.807, 2.05) is 0 Å². The van der Waals surface area contributed by atoms with Gasteiger partial charge in [-0.2, -0.15) is 0 Å². The molecule has 0 bridgehead atoms. The molecule has 0 nitrogen and oxygen atoms in total. The van der Waals surface area contributed by atoms with E-state index in [2.05, 4.69) is 0 Å². The summed E-state index contributed by atoms with van der Waals surface area (Å²) < 4.78 is 0. The van der Waals surface area contributed by atoms with Gasteiger partial charge in [0.1, 0.15) is 0 Å². The van der Waals surface area contributed by atoms with E-state index < -0.39 is 0 Å². The van der Waals surface area contributed by atoms with Gasteiger partial charge in [0.25, 0.3) is 0 Å². The van der Waals surface area contributed by atoms with Gasteiger partial charge in [-0.25, -0.2) is 0 Å². The van der Waals surface area contributed by atoms with Crippen molar-refractivity contribution in [1.29, 1.82) is 0 Å². The van der Waals surface area contributed by atoms with Crippen LogP contribution in [0.1, 0.15) is 0 Å². The van der Waals surface area contributed by atoms with Gasteiger partial charge in [0.2, 0.25) is 0 Å². The van der Waals surface area contributed by atoms with E-state index in [0.717, 1.165) is 0 Å². The summed E-state index contributed by atoms with van der Waals surface area (Å²) in [5, 5.41) is 0. The quantitative estimate of drug-likeness (QED) is 0.379. The fourth-order valence-corrected chi connectivity index (χ4v) is 0. The molecule has 0 aliphatic carbocycles. The van der Waals surface area contributed by atoms with Crippen LogP contribution in [0.3, 0.4) is 0 Å². The smallest absolute Gasteiger partial charge is 0 e. The fraction of sp³-hybridized carbons (Fsp3) is 0. The van der Waals surface area contributed by atoms with Crippen molar-refractivity contribution in [2.75, 3.05) is 0 Å². The summed E-state index contributed by atoms with van der Waals surface area (Å²) in [4.78, 5) is 0. The second-order valence-electron chi connectivity index (χ2n) is 0. The van der Waals surface area contributed by atoms with Crippen LogP contribution >= 0.6 is 0 Å². The molecule has 0 aliphatic rings. The molecule has 0 N–H and O–H groups in total. The summed E-state index contributed by atoms with van der Waals surface area (Å²) in [5.41, 5.74) is 0. The van der Waals surface area contributed by atoms with Crippen molar-refractivity contribution in [3.63, 3.8) is 0 Å². The van der Waals surface area contributed by atoms with Gasteiger partial charge in [0.15, 0.2) is 0 Å². The Labute approximate surface area is 80.0 Å². The van der Waals surface area contributed by atoms with Crippen LogP contribution in [-0.4, -0.2) is 17.4 Å². The molecule has 4 radical (unpaired) electrons. The average Bonchev–Trinajstić information content (AvgIpc) is 0. The Balaban J connectivity index is 0. The summed E-state index contributed by atoms with van der Waals surface area (Å²) in [5.74, 6) is 0. The van der Waals surface area contributed by atoms with E-state index in [9.17, 15) is 0 Å². The van der Waals surface area contributed by atoms with Gasteiger partial charge >= 0.3 is 0 Å². The Morgan fingerprint density at radius 2 is 1.00 bits per heavy atom. The Bertz CT molecular complexity index is 8.00.